The van der Waals surface area contributed by atoms with E-state index in [4.69, 9.17) is 4.74 Å². The van der Waals surface area contributed by atoms with Crippen LogP contribution in [0.5, 0.6) is 5.75 Å². The molecule has 1 fully saturated rings. The maximum absolute atomic E-state index is 12.6. The summed E-state index contributed by atoms with van der Waals surface area (Å²) in [7, 11) is 0. The van der Waals surface area contributed by atoms with Gasteiger partial charge >= 0.3 is 6.18 Å². The Labute approximate surface area is 118 Å². The van der Waals surface area contributed by atoms with Crippen molar-refractivity contribution in [2.45, 2.75) is 19.0 Å². The van der Waals surface area contributed by atoms with Crippen molar-refractivity contribution in [3.05, 3.63) is 28.2 Å². The first-order chi connectivity index (χ1) is 8.97. The molecule has 0 bridgehead atoms. The van der Waals surface area contributed by atoms with Crippen molar-refractivity contribution in [1.82, 2.24) is 4.90 Å². The first-order valence-corrected chi connectivity index (χ1v) is 6.98. The Morgan fingerprint density at radius 1 is 1.21 bits per heavy atom. The molecule has 1 aliphatic heterocycles. The van der Waals surface area contributed by atoms with Crippen molar-refractivity contribution in [1.29, 1.82) is 0 Å². The van der Waals surface area contributed by atoms with Gasteiger partial charge in [0.2, 0.25) is 0 Å². The predicted octanol–water partition coefficient (Wildman–Crippen LogP) is 3.94. The third-order valence-electron chi connectivity index (χ3n) is 3.12. The van der Waals surface area contributed by atoms with E-state index in [1.807, 2.05) is 0 Å². The van der Waals surface area contributed by atoms with E-state index in [0.29, 0.717) is 11.1 Å². The molecule has 0 aliphatic carbocycles. The number of hydrogen-bond donors (Lipinski definition) is 0. The average molecular weight is 338 g/mol. The first kappa shape index (κ1) is 14.7. The average Bonchev–Trinajstić information content (AvgIpc) is 2.83. The summed E-state index contributed by atoms with van der Waals surface area (Å²) >= 11 is 3.20. The molecule has 6 heteroatoms. The van der Waals surface area contributed by atoms with Gasteiger partial charge in [-0.05, 0) is 60.1 Å². The Kier molecular flexibility index (Phi) is 4.73. The van der Waals surface area contributed by atoms with Gasteiger partial charge in [0.1, 0.15) is 12.4 Å². The van der Waals surface area contributed by atoms with Gasteiger partial charge in [0.15, 0.2) is 0 Å². The third kappa shape index (κ3) is 4.11. The van der Waals surface area contributed by atoms with Crippen LogP contribution in [0.25, 0.3) is 0 Å². The highest BCUT2D eigenvalue weighted by Gasteiger charge is 2.31. The van der Waals surface area contributed by atoms with Gasteiger partial charge in [0, 0.05) is 6.54 Å². The molecule has 1 aromatic carbocycles. The van der Waals surface area contributed by atoms with Crippen molar-refractivity contribution in [2.24, 2.45) is 0 Å². The molecule has 0 spiro atoms. The number of nitrogens with zero attached hydrogens (tertiary/aromatic N) is 1. The van der Waals surface area contributed by atoms with Gasteiger partial charge in [0.25, 0.3) is 0 Å². The number of halogens is 4. The zero-order chi connectivity index (χ0) is 13.9. The van der Waals surface area contributed by atoms with Crippen LogP contribution in [0.15, 0.2) is 22.7 Å². The van der Waals surface area contributed by atoms with Crippen molar-refractivity contribution >= 4 is 15.9 Å². The molecule has 0 N–H and O–H groups in total. The largest absolute Gasteiger partial charge is 0.491 e. The third-order valence-corrected chi connectivity index (χ3v) is 3.78. The lowest BCUT2D eigenvalue weighted by atomic mass is 10.2. The summed E-state index contributed by atoms with van der Waals surface area (Å²) in [5.74, 6) is 0.244. The van der Waals surface area contributed by atoms with E-state index in [9.17, 15) is 13.2 Å². The standard InChI is InChI=1S/C13H15BrF3NO/c14-11-4-3-10(13(15,16)17)9-12(11)19-8-7-18-5-1-2-6-18/h3-4,9H,1-2,5-8H2. The van der Waals surface area contributed by atoms with Crippen LogP contribution in [0.2, 0.25) is 0 Å². The lowest BCUT2D eigenvalue weighted by Crippen LogP contribution is -2.25. The number of hydrogen-bond acceptors (Lipinski definition) is 2. The van der Waals surface area contributed by atoms with Gasteiger partial charge in [-0.1, -0.05) is 0 Å². The molecule has 1 aliphatic rings. The second kappa shape index (κ2) is 6.13. The van der Waals surface area contributed by atoms with E-state index in [2.05, 4.69) is 20.8 Å². The molecule has 2 rings (SSSR count). The van der Waals surface area contributed by atoms with Crippen LogP contribution in [-0.2, 0) is 6.18 Å². The molecule has 0 saturated carbocycles. The summed E-state index contributed by atoms with van der Waals surface area (Å²) < 4.78 is 43.8. The molecule has 0 atom stereocenters. The number of rotatable bonds is 4. The predicted molar refractivity (Wildman–Crippen MR) is 70.3 cm³/mol. The first-order valence-electron chi connectivity index (χ1n) is 6.19. The van der Waals surface area contributed by atoms with Crippen molar-refractivity contribution < 1.29 is 17.9 Å². The molecule has 1 heterocycles. The van der Waals surface area contributed by atoms with Crippen LogP contribution in [0.4, 0.5) is 13.2 Å². The number of benzene rings is 1. The van der Waals surface area contributed by atoms with Crippen LogP contribution in [0.3, 0.4) is 0 Å². The topological polar surface area (TPSA) is 12.5 Å². The molecule has 106 valence electrons. The Bertz CT molecular complexity index is 430. The second-order valence-corrected chi connectivity index (χ2v) is 5.39. The van der Waals surface area contributed by atoms with E-state index in [1.165, 1.54) is 18.9 Å². The fourth-order valence-corrected chi connectivity index (χ4v) is 2.44. The second-order valence-electron chi connectivity index (χ2n) is 4.54. The van der Waals surface area contributed by atoms with E-state index in [1.54, 1.807) is 0 Å². The quantitative estimate of drug-likeness (QED) is 0.825. The molecule has 0 aromatic heterocycles. The molecule has 0 amide bonds. The maximum atomic E-state index is 12.6. The van der Waals surface area contributed by atoms with Gasteiger partial charge in [-0.25, -0.2) is 0 Å². The molecule has 0 unspecified atom stereocenters. The molecule has 1 aromatic rings. The van der Waals surface area contributed by atoms with E-state index < -0.39 is 11.7 Å². The van der Waals surface area contributed by atoms with Gasteiger partial charge in [0.05, 0.1) is 10.0 Å². The minimum absolute atomic E-state index is 0.244. The summed E-state index contributed by atoms with van der Waals surface area (Å²) in [6.45, 7) is 3.25. The normalized spacial score (nSPS) is 16.8. The molecule has 1 saturated heterocycles. The van der Waals surface area contributed by atoms with Crippen molar-refractivity contribution in [2.75, 3.05) is 26.2 Å². The highest BCUT2D eigenvalue weighted by molar-refractivity contribution is 9.10. The minimum Gasteiger partial charge on any atom is -0.491 e. The zero-order valence-electron chi connectivity index (χ0n) is 10.3. The highest BCUT2D eigenvalue weighted by atomic mass is 79.9. The molecule has 2 nitrogen and oxygen atoms in total. The Morgan fingerprint density at radius 3 is 2.53 bits per heavy atom. The lowest BCUT2D eigenvalue weighted by molar-refractivity contribution is -0.137. The summed E-state index contributed by atoms with van der Waals surface area (Å²) in [6.07, 6.45) is -1.96. The van der Waals surface area contributed by atoms with Gasteiger partial charge in [-0.15, -0.1) is 0 Å². The Hall–Kier alpha value is -0.750. The number of likely N-dealkylation sites (tertiary alicyclic amines) is 1. The van der Waals surface area contributed by atoms with Crippen molar-refractivity contribution in [3.63, 3.8) is 0 Å². The van der Waals surface area contributed by atoms with Crippen LogP contribution in [0, 0.1) is 0 Å². The van der Waals surface area contributed by atoms with Crippen LogP contribution < -0.4 is 4.74 Å². The van der Waals surface area contributed by atoms with Crippen LogP contribution >= 0.6 is 15.9 Å². The van der Waals surface area contributed by atoms with Gasteiger partial charge < -0.3 is 4.74 Å². The summed E-state index contributed by atoms with van der Waals surface area (Å²) in [5.41, 5.74) is -0.688. The Balaban J connectivity index is 1.94. The van der Waals surface area contributed by atoms with Crippen molar-refractivity contribution in [3.8, 4) is 5.75 Å². The van der Waals surface area contributed by atoms with E-state index in [-0.39, 0.29) is 5.75 Å². The van der Waals surface area contributed by atoms with Crippen LogP contribution in [0.1, 0.15) is 18.4 Å². The number of alkyl halides is 3. The summed E-state index contributed by atoms with van der Waals surface area (Å²) in [4.78, 5) is 2.25. The number of ether oxygens (including phenoxy) is 1. The van der Waals surface area contributed by atoms with Gasteiger partial charge in [-0.2, -0.15) is 13.2 Å². The van der Waals surface area contributed by atoms with Crippen LogP contribution in [-0.4, -0.2) is 31.1 Å². The van der Waals surface area contributed by atoms with Gasteiger partial charge in [-0.3, -0.25) is 4.90 Å². The monoisotopic (exact) mass is 337 g/mol. The molecular formula is C13H15BrF3NO. The molecular weight excluding hydrogens is 323 g/mol. The fourth-order valence-electron chi connectivity index (χ4n) is 2.08. The highest BCUT2D eigenvalue weighted by Crippen LogP contribution is 2.35. The fraction of sp³-hybridized carbons (Fsp3) is 0.538. The maximum Gasteiger partial charge on any atom is 0.416 e. The summed E-state index contributed by atoms with van der Waals surface area (Å²) in [5, 5.41) is 0. The minimum atomic E-state index is -4.34. The SMILES string of the molecule is FC(F)(F)c1ccc(Br)c(OCCN2CCCC2)c1. The van der Waals surface area contributed by atoms with E-state index in [0.717, 1.165) is 31.8 Å². The summed E-state index contributed by atoms with van der Waals surface area (Å²) in [6, 6.07) is 3.44. The zero-order valence-corrected chi connectivity index (χ0v) is 11.9. The Morgan fingerprint density at radius 2 is 1.89 bits per heavy atom. The smallest absolute Gasteiger partial charge is 0.416 e. The molecule has 19 heavy (non-hydrogen) atoms. The van der Waals surface area contributed by atoms with E-state index >= 15 is 0 Å². The molecule has 0 radical (unpaired) electrons. The lowest BCUT2D eigenvalue weighted by Gasteiger charge is -2.16.